The molecule has 0 aromatic heterocycles. The van der Waals surface area contributed by atoms with E-state index in [1.807, 2.05) is 24.3 Å². The number of benzene rings is 2. The molecule has 6 heteroatoms. The summed E-state index contributed by atoms with van der Waals surface area (Å²) >= 11 is 5.92. The molecule has 1 N–H and O–H groups in total. The summed E-state index contributed by atoms with van der Waals surface area (Å²) in [5, 5.41) is 3.48. The smallest absolute Gasteiger partial charge is 0.225 e. The van der Waals surface area contributed by atoms with Gasteiger partial charge in [-0.05, 0) is 42.0 Å². The van der Waals surface area contributed by atoms with Crippen molar-refractivity contribution in [3.8, 4) is 0 Å². The zero-order valence-electron chi connectivity index (χ0n) is 13.8. The number of rotatable bonds is 5. The molecular weight excluding hydrogens is 343 g/mol. The van der Waals surface area contributed by atoms with Gasteiger partial charge >= 0.3 is 0 Å². The van der Waals surface area contributed by atoms with E-state index in [1.165, 1.54) is 12.1 Å². The van der Waals surface area contributed by atoms with Gasteiger partial charge in [-0.15, -0.1) is 0 Å². The molecule has 4 nitrogen and oxygen atoms in total. The standard InChI is InChI=1S/C19H20ClFN2O2/c20-15-3-1-14(2-4-15)18-13-23(11-12-25-18)10-9-19(24)22-17-7-5-16(21)6-8-17/h1-8,18H,9-13H2,(H,22,24). The number of morpholine rings is 1. The zero-order chi connectivity index (χ0) is 17.6. The molecule has 25 heavy (non-hydrogen) atoms. The molecular formula is C19H20ClFN2O2. The van der Waals surface area contributed by atoms with E-state index in [0.29, 0.717) is 30.3 Å². The van der Waals surface area contributed by atoms with Gasteiger partial charge < -0.3 is 10.1 Å². The van der Waals surface area contributed by atoms with Gasteiger partial charge in [0.05, 0.1) is 12.7 Å². The van der Waals surface area contributed by atoms with Gasteiger partial charge in [0, 0.05) is 36.8 Å². The van der Waals surface area contributed by atoms with Crippen LogP contribution in [0, 0.1) is 5.82 Å². The Morgan fingerprint density at radius 1 is 1.20 bits per heavy atom. The number of hydrogen-bond donors (Lipinski definition) is 1. The Morgan fingerprint density at radius 2 is 1.92 bits per heavy atom. The third-order valence-electron chi connectivity index (χ3n) is 4.18. The highest BCUT2D eigenvalue weighted by Gasteiger charge is 2.22. The van der Waals surface area contributed by atoms with Crippen LogP contribution in [0.4, 0.5) is 10.1 Å². The number of carbonyl (C=O) groups is 1. The van der Waals surface area contributed by atoms with Crippen LogP contribution >= 0.6 is 11.6 Å². The molecule has 1 amide bonds. The SMILES string of the molecule is O=C(CCN1CCOC(c2ccc(Cl)cc2)C1)Nc1ccc(F)cc1. The van der Waals surface area contributed by atoms with Crippen LogP contribution in [-0.2, 0) is 9.53 Å². The van der Waals surface area contributed by atoms with Crippen molar-refractivity contribution in [2.45, 2.75) is 12.5 Å². The molecule has 1 saturated heterocycles. The number of amides is 1. The van der Waals surface area contributed by atoms with E-state index in [-0.39, 0.29) is 17.8 Å². The van der Waals surface area contributed by atoms with Crippen LogP contribution in [0.2, 0.25) is 5.02 Å². The van der Waals surface area contributed by atoms with Crippen molar-refractivity contribution in [2.75, 3.05) is 31.6 Å². The fourth-order valence-electron chi connectivity index (χ4n) is 2.80. The van der Waals surface area contributed by atoms with Gasteiger partial charge in [-0.2, -0.15) is 0 Å². The average Bonchev–Trinajstić information content (AvgIpc) is 2.63. The first-order valence-electron chi connectivity index (χ1n) is 8.25. The third-order valence-corrected chi connectivity index (χ3v) is 4.43. The highest BCUT2D eigenvalue weighted by Crippen LogP contribution is 2.23. The van der Waals surface area contributed by atoms with E-state index in [2.05, 4.69) is 10.2 Å². The van der Waals surface area contributed by atoms with Crippen molar-refractivity contribution in [1.82, 2.24) is 4.90 Å². The molecule has 1 unspecified atom stereocenters. The zero-order valence-corrected chi connectivity index (χ0v) is 14.5. The fourth-order valence-corrected chi connectivity index (χ4v) is 2.93. The lowest BCUT2D eigenvalue weighted by Gasteiger charge is -2.33. The number of nitrogens with zero attached hydrogens (tertiary/aromatic N) is 1. The summed E-state index contributed by atoms with van der Waals surface area (Å²) in [4.78, 5) is 14.3. The summed E-state index contributed by atoms with van der Waals surface area (Å²) in [6.45, 7) is 2.83. The molecule has 132 valence electrons. The summed E-state index contributed by atoms with van der Waals surface area (Å²) in [6.07, 6.45) is 0.372. The molecule has 1 aliphatic rings. The second-order valence-electron chi connectivity index (χ2n) is 6.02. The first kappa shape index (κ1) is 17.9. The molecule has 1 atom stereocenters. The van der Waals surface area contributed by atoms with Gasteiger partial charge in [-0.3, -0.25) is 9.69 Å². The Hall–Kier alpha value is -1.95. The number of nitrogens with one attached hydrogen (secondary N) is 1. The molecule has 1 fully saturated rings. The third kappa shape index (κ3) is 5.26. The lowest BCUT2D eigenvalue weighted by Crippen LogP contribution is -2.39. The van der Waals surface area contributed by atoms with Crippen LogP contribution in [0.25, 0.3) is 0 Å². The van der Waals surface area contributed by atoms with E-state index in [9.17, 15) is 9.18 Å². The Kier molecular flexibility index (Phi) is 6.02. The van der Waals surface area contributed by atoms with Gasteiger partial charge in [-0.25, -0.2) is 4.39 Å². The summed E-state index contributed by atoms with van der Waals surface area (Å²) in [5.74, 6) is -0.402. The maximum atomic E-state index is 12.9. The largest absolute Gasteiger partial charge is 0.371 e. The van der Waals surface area contributed by atoms with E-state index >= 15 is 0 Å². The topological polar surface area (TPSA) is 41.6 Å². The Bertz CT molecular complexity index is 706. The summed E-state index contributed by atoms with van der Waals surface area (Å²) in [5.41, 5.74) is 1.69. The molecule has 1 heterocycles. The van der Waals surface area contributed by atoms with Gasteiger partial charge in [-0.1, -0.05) is 23.7 Å². The van der Waals surface area contributed by atoms with Gasteiger partial charge in [0.15, 0.2) is 0 Å². The highest BCUT2D eigenvalue weighted by molar-refractivity contribution is 6.30. The maximum Gasteiger partial charge on any atom is 0.225 e. The summed E-state index contributed by atoms with van der Waals surface area (Å²) in [6, 6.07) is 13.4. The van der Waals surface area contributed by atoms with E-state index in [4.69, 9.17) is 16.3 Å². The van der Waals surface area contributed by atoms with E-state index < -0.39 is 0 Å². The Morgan fingerprint density at radius 3 is 2.64 bits per heavy atom. The minimum absolute atomic E-state index is 0.00817. The van der Waals surface area contributed by atoms with Crippen molar-refractivity contribution in [3.05, 3.63) is 64.9 Å². The number of hydrogen-bond acceptors (Lipinski definition) is 3. The van der Waals surface area contributed by atoms with Crippen LogP contribution in [0.15, 0.2) is 48.5 Å². The number of anilines is 1. The van der Waals surface area contributed by atoms with Crippen molar-refractivity contribution in [1.29, 1.82) is 0 Å². The second-order valence-corrected chi connectivity index (χ2v) is 6.45. The van der Waals surface area contributed by atoms with Crippen LogP contribution in [0.5, 0.6) is 0 Å². The molecule has 3 rings (SSSR count). The monoisotopic (exact) mass is 362 g/mol. The predicted octanol–water partition coefficient (Wildman–Crippen LogP) is 3.88. The Balaban J connectivity index is 1.48. The van der Waals surface area contributed by atoms with Crippen LogP contribution < -0.4 is 5.32 Å². The van der Waals surface area contributed by atoms with Gasteiger partial charge in [0.1, 0.15) is 5.82 Å². The highest BCUT2D eigenvalue weighted by atomic mass is 35.5. The van der Waals surface area contributed by atoms with Gasteiger partial charge in [0.2, 0.25) is 5.91 Å². The molecule has 0 bridgehead atoms. The van der Waals surface area contributed by atoms with Crippen molar-refractivity contribution < 1.29 is 13.9 Å². The molecule has 2 aromatic carbocycles. The van der Waals surface area contributed by atoms with Crippen LogP contribution in [0.3, 0.4) is 0 Å². The van der Waals surface area contributed by atoms with Gasteiger partial charge in [0.25, 0.3) is 0 Å². The Labute approximate surface area is 151 Å². The molecule has 0 saturated carbocycles. The van der Waals surface area contributed by atoms with E-state index in [1.54, 1.807) is 12.1 Å². The first-order chi connectivity index (χ1) is 12.1. The van der Waals surface area contributed by atoms with Crippen molar-refractivity contribution in [3.63, 3.8) is 0 Å². The number of carbonyl (C=O) groups excluding carboxylic acids is 1. The average molecular weight is 363 g/mol. The molecule has 0 spiro atoms. The molecule has 2 aromatic rings. The van der Waals surface area contributed by atoms with Crippen LogP contribution in [-0.4, -0.2) is 37.0 Å². The lowest BCUT2D eigenvalue weighted by atomic mass is 10.1. The minimum Gasteiger partial charge on any atom is -0.371 e. The fraction of sp³-hybridized carbons (Fsp3) is 0.316. The summed E-state index contributed by atoms with van der Waals surface area (Å²) < 4.78 is 18.7. The predicted molar refractivity (Wildman–Crippen MR) is 96.2 cm³/mol. The number of halogens is 2. The normalized spacial score (nSPS) is 18.1. The summed E-state index contributed by atoms with van der Waals surface area (Å²) in [7, 11) is 0. The van der Waals surface area contributed by atoms with Crippen molar-refractivity contribution >= 4 is 23.2 Å². The quantitative estimate of drug-likeness (QED) is 0.877. The molecule has 1 aliphatic heterocycles. The lowest BCUT2D eigenvalue weighted by molar-refractivity contribution is -0.117. The maximum absolute atomic E-state index is 12.9. The van der Waals surface area contributed by atoms with Crippen LogP contribution in [0.1, 0.15) is 18.1 Å². The second kappa shape index (κ2) is 8.43. The first-order valence-corrected chi connectivity index (χ1v) is 8.63. The molecule has 0 aliphatic carbocycles. The minimum atomic E-state index is -0.320. The molecule has 0 radical (unpaired) electrons. The number of ether oxygens (including phenoxy) is 1. The van der Waals surface area contributed by atoms with E-state index in [0.717, 1.165) is 18.7 Å². The van der Waals surface area contributed by atoms with Crippen molar-refractivity contribution in [2.24, 2.45) is 0 Å².